The first-order valence-corrected chi connectivity index (χ1v) is 5.81. The SMILES string of the molecule is C=CCNC(=S)N1CCCC(C(=O)OC)C1. The maximum atomic E-state index is 11.4. The van der Waals surface area contributed by atoms with Crippen molar-refractivity contribution >= 4 is 23.3 Å². The molecule has 90 valence electrons. The molecule has 0 saturated carbocycles. The molecule has 1 atom stereocenters. The van der Waals surface area contributed by atoms with Gasteiger partial charge in [-0.1, -0.05) is 6.08 Å². The van der Waals surface area contributed by atoms with Gasteiger partial charge in [0, 0.05) is 19.6 Å². The molecule has 1 heterocycles. The van der Waals surface area contributed by atoms with E-state index in [0.29, 0.717) is 18.2 Å². The average molecular weight is 242 g/mol. The first-order valence-electron chi connectivity index (χ1n) is 5.40. The number of hydrogen-bond donors (Lipinski definition) is 1. The highest BCUT2D eigenvalue weighted by molar-refractivity contribution is 7.80. The summed E-state index contributed by atoms with van der Waals surface area (Å²) in [5.41, 5.74) is 0. The van der Waals surface area contributed by atoms with Crippen LogP contribution in [0.1, 0.15) is 12.8 Å². The zero-order chi connectivity index (χ0) is 12.0. The van der Waals surface area contributed by atoms with E-state index >= 15 is 0 Å². The highest BCUT2D eigenvalue weighted by Crippen LogP contribution is 2.17. The predicted molar refractivity (Wildman–Crippen MR) is 67.1 cm³/mol. The Hall–Kier alpha value is -1.10. The molecule has 0 radical (unpaired) electrons. The van der Waals surface area contributed by atoms with E-state index in [-0.39, 0.29) is 11.9 Å². The third kappa shape index (κ3) is 3.48. The Bertz CT molecular complexity index is 281. The second-order valence-corrected chi connectivity index (χ2v) is 4.17. The lowest BCUT2D eigenvalue weighted by molar-refractivity contribution is -0.146. The van der Waals surface area contributed by atoms with Crippen molar-refractivity contribution in [1.82, 2.24) is 10.2 Å². The number of esters is 1. The van der Waals surface area contributed by atoms with Crippen LogP contribution in [0.2, 0.25) is 0 Å². The molecule has 1 fully saturated rings. The third-order valence-electron chi connectivity index (χ3n) is 2.64. The third-order valence-corrected chi connectivity index (χ3v) is 3.04. The summed E-state index contributed by atoms with van der Waals surface area (Å²) in [6.07, 6.45) is 3.61. The molecule has 0 amide bonds. The molecule has 0 bridgehead atoms. The minimum Gasteiger partial charge on any atom is -0.469 e. The lowest BCUT2D eigenvalue weighted by Crippen LogP contribution is -2.47. The zero-order valence-corrected chi connectivity index (χ0v) is 10.4. The molecule has 4 nitrogen and oxygen atoms in total. The first-order chi connectivity index (χ1) is 7.69. The Morgan fingerprint density at radius 3 is 3.12 bits per heavy atom. The molecule has 0 aromatic heterocycles. The van der Waals surface area contributed by atoms with Crippen LogP contribution in [0.15, 0.2) is 12.7 Å². The maximum absolute atomic E-state index is 11.4. The Morgan fingerprint density at radius 1 is 1.75 bits per heavy atom. The minimum absolute atomic E-state index is 0.0535. The van der Waals surface area contributed by atoms with Gasteiger partial charge in [-0.05, 0) is 25.1 Å². The van der Waals surface area contributed by atoms with Gasteiger partial charge in [0.15, 0.2) is 5.11 Å². The number of thiocarbonyl (C=S) groups is 1. The van der Waals surface area contributed by atoms with Crippen molar-refractivity contribution < 1.29 is 9.53 Å². The Balaban J connectivity index is 2.46. The molecule has 5 heteroatoms. The van der Waals surface area contributed by atoms with Crippen molar-refractivity contribution in [2.24, 2.45) is 5.92 Å². The lowest BCUT2D eigenvalue weighted by atomic mass is 9.99. The van der Waals surface area contributed by atoms with Crippen LogP contribution in [0.4, 0.5) is 0 Å². The summed E-state index contributed by atoms with van der Waals surface area (Å²) in [6, 6.07) is 0. The van der Waals surface area contributed by atoms with Crippen LogP contribution in [-0.4, -0.2) is 42.7 Å². The normalized spacial score (nSPS) is 20.1. The zero-order valence-electron chi connectivity index (χ0n) is 9.57. The molecule has 1 unspecified atom stereocenters. The van der Waals surface area contributed by atoms with Crippen molar-refractivity contribution in [1.29, 1.82) is 0 Å². The summed E-state index contributed by atoms with van der Waals surface area (Å²) in [6.45, 7) is 5.82. The Labute approximate surface area is 102 Å². The van der Waals surface area contributed by atoms with Gasteiger partial charge in [0.1, 0.15) is 0 Å². The summed E-state index contributed by atoms with van der Waals surface area (Å²) in [4.78, 5) is 13.4. The monoisotopic (exact) mass is 242 g/mol. The molecule has 16 heavy (non-hydrogen) atoms. The standard InChI is InChI=1S/C11H18N2O2S/c1-3-6-12-11(16)13-7-4-5-9(8-13)10(14)15-2/h3,9H,1,4-8H2,2H3,(H,12,16). The van der Waals surface area contributed by atoms with E-state index in [4.69, 9.17) is 17.0 Å². The van der Waals surface area contributed by atoms with Crippen LogP contribution < -0.4 is 5.32 Å². The van der Waals surface area contributed by atoms with Gasteiger partial charge in [0.25, 0.3) is 0 Å². The van der Waals surface area contributed by atoms with E-state index in [0.717, 1.165) is 19.4 Å². The number of carbonyl (C=O) groups excluding carboxylic acids is 1. The van der Waals surface area contributed by atoms with Crippen LogP contribution >= 0.6 is 12.2 Å². The molecular formula is C11H18N2O2S. The Kier molecular flexibility index (Phi) is 5.25. The van der Waals surface area contributed by atoms with Crippen molar-refractivity contribution in [2.45, 2.75) is 12.8 Å². The quantitative estimate of drug-likeness (QED) is 0.453. The Morgan fingerprint density at radius 2 is 2.50 bits per heavy atom. The van der Waals surface area contributed by atoms with E-state index in [9.17, 15) is 4.79 Å². The van der Waals surface area contributed by atoms with E-state index in [1.807, 2.05) is 4.90 Å². The molecule has 0 aromatic rings. The van der Waals surface area contributed by atoms with Gasteiger partial charge in [0.05, 0.1) is 13.0 Å². The minimum atomic E-state index is -0.142. The number of hydrogen-bond acceptors (Lipinski definition) is 3. The molecule has 1 aliphatic heterocycles. The van der Waals surface area contributed by atoms with Crippen LogP contribution in [-0.2, 0) is 9.53 Å². The fourth-order valence-corrected chi connectivity index (χ4v) is 2.04. The highest BCUT2D eigenvalue weighted by Gasteiger charge is 2.27. The van der Waals surface area contributed by atoms with Crippen LogP contribution in [0.25, 0.3) is 0 Å². The van der Waals surface area contributed by atoms with Crippen molar-refractivity contribution in [2.75, 3.05) is 26.7 Å². The van der Waals surface area contributed by atoms with Gasteiger partial charge in [-0.25, -0.2) is 0 Å². The van der Waals surface area contributed by atoms with Crippen molar-refractivity contribution in [3.8, 4) is 0 Å². The molecule has 1 saturated heterocycles. The number of piperidine rings is 1. The van der Waals surface area contributed by atoms with Gasteiger partial charge in [-0.3, -0.25) is 4.79 Å². The van der Waals surface area contributed by atoms with Crippen molar-refractivity contribution in [3.63, 3.8) is 0 Å². The van der Waals surface area contributed by atoms with Crippen LogP contribution in [0.3, 0.4) is 0 Å². The second-order valence-electron chi connectivity index (χ2n) is 3.78. The fraction of sp³-hybridized carbons (Fsp3) is 0.636. The fourth-order valence-electron chi connectivity index (χ4n) is 1.79. The molecule has 1 aliphatic rings. The topological polar surface area (TPSA) is 41.6 Å². The molecule has 0 aliphatic carbocycles. The van der Waals surface area contributed by atoms with Crippen LogP contribution in [0, 0.1) is 5.92 Å². The summed E-state index contributed by atoms with van der Waals surface area (Å²) in [5.74, 6) is -0.196. The van der Waals surface area contributed by atoms with Gasteiger partial charge in [-0.2, -0.15) is 0 Å². The number of nitrogens with zero attached hydrogens (tertiary/aromatic N) is 1. The summed E-state index contributed by atoms with van der Waals surface area (Å²) < 4.78 is 4.75. The molecule has 0 aromatic carbocycles. The first kappa shape index (κ1) is 13.0. The lowest BCUT2D eigenvalue weighted by Gasteiger charge is -2.33. The summed E-state index contributed by atoms with van der Waals surface area (Å²) in [5, 5.41) is 3.76. The molecule has 1 N–H and O–H groups in total. The van der Waals surface area contributed by atoms with Gasteiger partial charge in [0.2, 0.25) is 0 Å². The molecule has 1 rings (SSSR count). The van der Waals surface area contributed by atoms with Crippen molar-refractivity contribution in [3.05, 3.63) is 12.7 Å². The molecular weight excluding hydrogens is 224 g/mol. The van der Waals surface area contributed by atoms with E-state index < -0.39 is 0 Å². The van der Waals surface area contributed by atoms with Gasteiger partial charge in [-0.15, -0.1) is 6.58 Å². The summed E-state index contributed by atoms with van der Waals surface area (Å²) in [7, 11) is 1.43. The molecule has 0 spiro atoms. The van der Waals surface area contributed by atoms with Gasteiger partial charge >= 0.3 is 5.97 Å². The summed E-state index contributed by atoms with van der Waals surface area (Å²) >= 11 is 5.23. The van der Waals surface area contributed by atoms with E-state index in [1.54, 1.807) is 6.08 Å². The number of ether oxygens (including phenoxy) is 1. The smallest absolute Gasteiger partial charge is 0.310 e. The number of rotatable bonds is 3. The highest BCUT2D eigenvalue weighted by atomic mass is 32.1. The number of likely N-dealkylation sites (tertiary alicyclic amines) is 1. The average Bonchev–Trinajstić information content (AvgIpc) is 2.35. The largest absolute Gasteiger partial charge is 0.469 e. The number of carbonyl (C=O) groups is 1. The van der Waals surface area contributed by atoms with E-state index in [2.05, 4.69) is 11.9 Å². The second kappa shape index (κ2) is 6.48. The maximum Gasteiger partial charge on any atom is 0.310 e. The van der Waals surface area contributed by atoms with Gasteiger partial charge < -0.3 is 15.0 Å². The number of nitrogens with one attached hydrogen (secondary N) is 1. The predicted octanol–water partition coefficient (Wildman–Crippen LogP) is 0.932. The number of methoxy groups -OCH3 is 1. The van der Waals surface area contributed by atoms with Crippen LogP contribution in [0.5, 0.6) is 0 Å². The van der Waals surface area contributed by atoms with E-state index in [1.165, 1.54) is 7.11 Å².